The molecule has 1 atom stereocenters. The summed E-state index contributed by atoms with van der Waals surface area (Å²) in [7, 11) is 0. The number of hydrogen-bond acceptors (Lipinski definition) is 4. The van der Waals surface area contributed by atoms with Gasteiger partial charge in [-0.25, -0.2) is 0 Å². The smallest absolute Gasteiger partial charge is 0.260 e. The number of rotatable bonds is 4. The van der Waals surface area contributed by atoms with Gasteiger partial charge < -0.3 is 9.64 Å². The maximum atomic E-state index is 12.5. The van der Waals surface area contributed by atoms with E-state index in [-0.39, 0.29) is 18.6 Å². The minimum Gasteiger partial charge on any atom is -0.482 e. The van der Waals surface area contributed by atoms with Crippen LogP contribution in [-0.4, -0.2) is 40.3 Å². The first-order valence-electron chi connectivity index (χ1n) is 8.58. The second kappa shape index (κ2) is 6.89. The Labute approximate surface area is 151 Å². The Balaban J connectivity index is 1.41. The molecule has 130 valence electrons. The standard InChI is InChI=1S/C20H18N4O2/c21-11-15-5-2-4-8-19(15)26-14-20(25)23-10-9-17(13-23)24-18-7-3-1-6-16(18)12-22-24/h1-8,12,17H,9-10,13-14H2. The third kappa shape index (κ3) is 3.00. The first kappa shape index (κ1) is 16.2. The van der Waals surface area contributed by atoms with Gasteiger partial charge >= 0.3 is 0 Å². The van der Waals surface area contributed by atoms with Gasteiger partial charge in [-0.05, 0) is 24.6 Å². The lowest BCUT2D eigenvalue weighted by molar-refractivity contribution is -0.132. The average Bonchev–Trinajstić information content (AvgIpc) is 3.33. The van der Waals surface area contributed by atoms with Gasteiger partial charge in [0, 0.05) is 18.5 Å². The molecular formula is C20H18N4O2. The zero-order chi connectivity index (χ0) is 17.9. The Morgan fingerprint density at radius 3 is 2.92 bits per heavy atom. The number of amides is 1. The molecule has 0 bridgehead atoms. The van der Waals surface area contributed by atoms with Crippen molar-refractivity contribution in [1.82, 2.24) is 14.7 Å². The third-order valence-electron chi connectivity index (χ3n) is 4.73. The first-order chi connectivity index (χ1) is 12.8. The SMILES string of the molecule is N#Cc1ccccc1OCC(=O)N1CCC(n2ncc3ccccc32)C1. The van der Waals surface area contributed by atoms with E-state index < -0.39 is 0 Å². The number of aromatic nitrogens is 2. The maximum absolute atomic E-state index is 12.5. The molecule has 1 aliphatic rings. The first-order valence-corrected chi connectivity index (χ1v) is 8.58. The van der Waals surface area contributed by atoms with Crippen LogP contribution >= 0.6 is 0 Å². The fourth-order valence-electron chi connectivity index (χ4n) is 3.37. The predicted molar refractivity (Wildman–Crippen MR) is 96.6 cm³/mol. The summed E-state index contributed by atoms with van der Waals surface area (Å²) in [4.78, 5) is 14.3. The summed E-state index contributed by atoms with van der Waals surface area (Å²) in [5.74, 6) is 0.369. The van der Waals surface area contributed by atoms with Crippen molar-refractivity contribution in [3.05, 3.63) is 60.3 Å². The summed E-state index contributed by atoms with van der Waals surface area (Å²) in [6.07, 6.45) is 2.73. The molecule has 26 heavy (non-hydrogen) atoms. The van der Waals surface area contributed by atoms with E-state index in [0.29, 0.717) is 24.4 Å². The molecule has 0 spiro atoms. The van der Waals surface area contributed by atoms with E-state index in [9.17, 15) is 4.79 Å². The van der Waals surface area contributed by atoms with Crippen LogP contribution in [0.3, 0.4) is 0 Å². The molecule has 6 heteroatoms. The predicted octanol–water partition coefficient (Wildman–Crippen LogP) is 2.76. The zero-order valence-electron chi connectivity index (χ0n) is 14.2. The molecule has 4 rings (SSSR count). The summed E-state index contributed by atoms with van der Waals surface area (Å²) in [6, 6.07) is 17.3. The van der Waals surface area contributed by atoms with Crippen molar-refractivity contribution in [3.63, 3.8) is 0 Å². The van der Waals surface area contributed by atoms with E-state index in [1.165, 1.54) is 0 Å². The quantitative estimate of drug-likeness (QED) is 0.728. The van der Waals surface area contributed by atoms with E-state index in [1.807, 2.05) is 29.1 Å². The summed E-state index contributed by atoms with van der Waals surface area (Å²) in [6.45, 7) is 1.24. The number of nitriles is 1. The highest BCUT2D eigenvalue weighted by atomic mass is 16.5. The second-order valence-corrected chi connectivity index (χ2v) is 6.33. The molecule has 1 fully saturated rings. The van der Waals surface area contributed by atoms with Crippen LogP contribution in [0.15, 0.2) is 54.7 Å². The lowest BCUT2D eigenvalue weighted by Crippen LogP contribution is -2.33. The Hall–Kier alpha value is -3.33. The van der Waals surface area contributed by atoms with Crippen LogP contribution in [0.5, 0.6) is 5.75 Å². The van der Waals surface area contributed by atoms with Crippen molar-refractivity contribution in [3.8, 4) is 11.8 Å². The molecule has 0 N–H and O–H groups in total. The molecule has 3 aromatic rings. The molecule has 1 saturated heterocycles. The van der Waals surface area contributed by atoms with E-state index in [1.54, 1.807) is 29.2 Å². The number of carbonyl (C=O) groups is 1. The number of benzene rings is 2. The van der Waals surface area contributed by atoms with Gasteiger partial charge in [-0.1, -0.05) is 30.3 Å². The van der Waals surface area contributed by atoms with Crippen molar-refractivity contribution in [1.29, 1.82) is 5.26 Å². The number of carbonyl (C=O) groups excluding carboxylic acids is 1. The fourth-order valence-corrected chi connectivity index (χ4v) is 3.37. The Morgan fingerprint density at radius 2 is 2.04 bits per heavy atom. The molecule has 0 saturated carbocycles. The van der Waals surface area contributed by atoms with Crippen LogP contribution in [0.1, 0.15) is 18.0 Å². The monoisotopic (exact) mass is 346 g/mol. The van der Waals surface area contributed by atoms with Crippen LogP contribution < -0.4 is 4.74 Å². The van der Waals surface area contributed by atoms with Gasteiger partial charge in [-0.2, -0.15) is 10.4 Å². The number of fused-ring (bicyclic) bond motifs is 1. The van der Waals surface area contributed by atoms with Crippen molar-refractivity contribution in [2.45, 2.75) is 12.5 Å². The van der Waals surface area contributed by atoms with Gasteiger partial charge in [0.05, 0.1) is 23.3 Å². The molecule has 1 aliphatic heterocycles. The highest BCUT2D eigenvalue weighted by Gasteiger charge is 2.28. The minimum atomic E-state index is -0.0725. The fraction of sp³-hybridized carbons (Fsp3) is 0.250. The molecular weight excluding hydrogens is 328 g/mol. The number of hydrogen-bond donors (Lipinski definition) is 0. The van der Waals surface area contributed by atoms with Crippen molar-refractivity contribution >= 4 is 16.8 Å². The van der Waals surface area contributed by atoms with Crippen LogP contribution in [0, 0.1) is 11.3 Å². The second-order valence-electron chi connectivity index (χ2n) is 6.33. The molecule has 6 nitrogen and oxygen atoms in total. The van der Waals surface area contributed by atoms with Gasteiger partial charge in [0.1, 0.15) is 11.8 Å². The van der Waals surface area contributed by atoms with E-state index in [0.717, 1.165) is 17.3 Å². The molecule has 2 aromatic carbocycles. The van der Waals surface area contributed by atoms with Gasteiger partial charge in [0.25, 0.3) is 5.91 Å². The van der Waals surface area contributed by atoms with E-state index in [2.05, 4.69) is 17.2 Å². The zero-order valence-corrected chi connectivity index (χ0v) is 14.2. The summed E-state index contributed by atoms with van der Waals surface area (Å²) >= 11 is 0. The normalized spacial score (nSPS) is 16.6. The lowest BCUT2D eigenvalue weighted by Gasteiger charge is -2.17. The lowest BCUT2D eigenvalue weighted by atomic mass is 10.2. The summed E-state index contributed by atoms with van der Waals surface area (Å²) in [5.41, 5.74) is 1.52. The largest absolute Gasteiger partial charge is 0.482 e. The Morgan fingerprint density at radius 1 is 1.23 bits per heavy atom. The number of nitrogens with zero attached hydrogens (tertiary/aromatic N) is 4. The van der Waals surface area contributed by atoms with Crippen molar-refractivity contribution in [2.24, 2.45) is 0 Å². The average molecular weight is 346 g/mol. The molecule has 0 radical (unpaired) electrons. The number of likely N-dealkylation sites (tertiary alicyclic amines) is 1. The number of ether oxygens (including phenoxy) is 1. The van der Waals surface area contributed by atoms with Crippen LogP contribution in [0.4, 0.5) is 0 Å². The highest BCUT2D eigenvalue weighted by Crippen LogP contribution is 2.25. The molecule has 0 aliphatic carbocycles. The van der Waals surface area contributed by atoms with Crippen LogP contribution in [-0.2, 0) is 4.79 Å². The molecule has 1 aromatic heterocycles. The topological polar surface area (TPSA) is 71.2 Å². The van der Waals surface area contributed by atoms with Crippen LogP contribution in [0.2, 0.25) is 0 Å². The van der Waals surface area contributed by atoms with Gasteiger partial charge in [0.2, 0.25) is 0 Å². The van der Waals surface area contributed by atoms with E-state index >= 15 is 0 Å². The Kier molecular flexibility index (Phi) is 4.28. The van der Waals surface area contributed by atoms with Gasteiger partial charge in [-0.15, -0.1) is 0 Å². The minimum absolute atomic E-state index is 0.0642. The Bertz CT molecular complexity index is 989. The summed E-state index contributed by atoms with van der Waals surface area (Å²) < 4.78 is 7.57. The molecule has 1 unspecified atom stereocenters. The molecule has 2 heterocycles. The highest BCUT2D eigenvalue weighted by molar-refractivity contribution is 5.79. The van der Waals surface area contributed by atoms with E-state index in [4.69, 9.17) is 10.00 Å². The molecule has 1 amide bonds. The van der Waals surface area contributed by atoms with Gasteiger partial charge in [0.15, 0.2) is 6.61 Å². The third-order valence-corrected chi connectivity index (χ3v) is 4.73. The summed E-state index contributed by atoms with van der Waals surface area (Å²) in [5, 5.41) is 14.7. The van der Waals surface area contributed by atoms with Crippen LogP contribution in [0.25, 0.3) is 10.9 Å². The van der Waals surface area contributed by atoms with Crippen molar-refractivity contribution < 1.29 is 9.53 Å². The maximum Gasteiger partial charge on any atom is 0.260 e. The van der Waals surface area contributed by atoms with Gasteiger partial charge in [-0.3, -0.25) is 9.48 Å². The number of para-hydroxylation sites is 2. The van der Waals surface area contributed by atoms with Crippen molar-refractivity contribution in [2.75, 3.05) is 19.7 Å².